The van der Waals surface area contributed by atoms with E-state index >= 15 is 0 Å². The first kappa shape index (κ1) is 20.3. The maximum Gasteiger partial charge on any atom is 0.258 e. The number of carbonyl (C=O) groups excluding carboxylic acids is 1. The SMILES string of the molecule is Cn1ccc2cc(-c3cnc4ccc(C(=O)N5CC[C@@H](N)[C@H](O)C5)cc4n3)ccc2c1=O. The minimum atomic E-state index is -0.718. The van der Waals surface area contributed by atoms with Gasteiger partial charge < -0.3 is 20.3 Å². The number of aliphatic hydroxyl groups excluding tert-OH is 1. The number of likely N-dealkylation sites (tertiary alicyclic amines) is 1. The van der Waals surface area contributed by atoms with Gasteiger partial charge in [0.2, 0.25) is 0 Å². The molecular formula is C24H23N5O3. The molecule has 2 aromatic carbocycles. The van der Waals surface area contributed by atoms with Crippen LogP contribution in [0.15, 0.2) is 59.7 Å². The predicted octanol–water partition coefficient (Wildman–Crippen LogP) is 1.68. The fourth-order valence-corrected chi connectivity index (χ4v) is 4.10. The third kappa shape index (κ3) is 3.53. The summed E-state index contributed by atoms with van der Waals surface area (Å²) in [5, 5.41) is 11.5. The molecule has 8 nitrogen and oxygen atoms in total. The third-order valence-corrected chi connectivity index (χ3v) is 6.09. The van der Waals surface area contributed by atoms with Crippen molar-refractivity contribution in [3.8, 4) is 11.3 Å². The molecular weight excluding hydrogens is 406 g/mol. The monoisotopic (exact) mass is 429 g/mol. The number of aryl methyl sites for hydroxylation is 1. The van der Waals surface area contributed by atoms with Crippen LogP contribution in [0.4, 0.5) is 0 Å². The van der Waals surface area contributed by atoms with E-state index in [0.29, 0.717) is 40.6 Å². The topological polar surface area (TPSA) is 114 Å². The highest BCUT2D eigenvalue weighted by molar-refractivity contribution is 5.97. The third-order valence-electron chi connectivity index (χ3n) is 6.09. The molecule has 1 fully saturated rings. The number of nitrogens with zero attached hydrogens (tertiary/aromatic N) is 4. The van der Waals surface area contributed by atoms with Crippen LogP contribution in [0.3, 0.4) is 0 Å². The van der Waals surface area contributed by atoms with Crippen molar-refractivity contribution in [1.82, 2.24) is 19.4 Å². The number of hydrogen-bond donors (Lipinski definition) is 2. The van der Waals surface area contributed by atoms with Gasteiger partial charge in [0.15, 0.2) is 0 Å². The Kier molecular flexibility index (Phi) is 4.96. The smallest absolute Gasteiger partial charge is 0.258 e. The Bertz CT molecular complexity index is 1410. The Morgan fingerprint density at radius 2 is 2.00 bits per heavy atom. The van der Waals surface area contributed by atoms with E-state index in [-0.39, 0.29) is 24.1 Å². The van der Waals surface area contributed by atoms with E-state index < -0.39 is 6.10 Å². The van der Waals surface area contributed by atoms with E-state index in [0.717, 1.165) is 10.9 Å². The average molecular weight is 429 g/mol. The van der Waals surface area contributed by atoms with E-state index in [9.17, 15) is 14.7 Å². The van der Waals surface area contributed by atoms with Crippen molar-refractivity contribution in [2.24, 2.45) is 12.8 Å². The van der Waals surface area contributed by atoms with Gasteiger partial charge in [-0.3, -0.25) is 14.6 Å². The van der Waals surface area contributed by atoms with Gasteiger partial charge in [0.1, 0.15) is 0 Å². The molecule has 1 aliphatic rings. The number of aliphatic hydroxyl groups is 1. The minimum absolute atomic E-state index is 0.0504. The summed E-state index contributed by atoms with van der Waals surface area (Å²) in [4.78, 5) is 36.1. The number of rotatable bonds is 2. The molecule has 0 aliphatic carbocycles. The maximum atomic E-state index is 13.0. The standard InChI is InChI=1S/C24H23N5O3/c1-28-8-6-14-10-15(2-4-17(14)24(28)32)21-12-26-19-5-3-16(11-20(19)27-21)23(31)29-9-7-18(25)22(30)13-29/h2-6,8,10-12,18,22,30H,7,9,13,25H2,1H3/t18-,22-/m1/s1. The van der Waals surface area contributed by atoms with E-state index in [4.69, 9.17) is 10.7 Å². The molecule has 8 heteroatoms. The van der Waals surface area contributed by atoms with Gasteiger partial charge in [0, 0.05) is 48.9 Å². The lowest BCUT2D eigenvalue weighted by atomic mass is 10.0. The minimum Gasteiger partial charge on any atom is -0.390 e. The van der Waals surface area contributed by atoms with Crippen molar-refractivity contribution >= 4 is 27.7 Å². The number of β-amino-alcohol motifs (C(OH)–C–C–N with tert-alkyl or cyclic N) is 1. The van der Waals surface area contributed by atoms with E-state index in [1.54, 1.807) is 53.2 Å². The predicted molar refractivity (Wildman–Crippen MR) is 122 cm³/mol. The summed E-state index contributed by atoms with van der Waals surface area (Å²) >= 11 is 0. The second-order valence-electron chi connectivity index (χ2n) is 8.26. The highest BCUT2D eigenvalue weighted by atomic mass is 16.3. The molecule has 1 saturated heterocycles. The Hall–Kier alpha value is -3.62. The number of piperidine rings is 1. The molecule has 1 aliphatic heterocycles. The molecule has 3 N–H and O–H groups in total. The van der Waals surface area contributed by atoms with Crippen LogP contribution in [0.1, 0.15) is 16.8 Å². The van der Waals surface area contributed by atoms with Gasteiger partial charge in [-0.15, -0.1) is 0 Å². The van der Waals surface area contributed by atoms with Gasteiger partial charge >= 0.3 is 0 Å². The number of aromatic nitrogens is 3. The van der Waals surface area contributed by atoms with Gasteiger partial charge in [0.25, 0.3) is 11.5 Å². The van der Waals surface area contributed by atoms with Crippen LogP contribution in [0, 0.1) is 0 Å². The van der Waals surface area contributed by atoms with Gasteiger partial charge in [-0.05, 0) is 48.2 Å². The van der Waals surface area contributed by atoms with Crippen molar-refractivity contribution in [3.63, 3.8) is 0 Å². The number of fused-ring (bicyclic) bond motifs is 2. The zero-order valence-electron chi connectivity index (χ0n) is 17.6. The summed E-state index contributed by atoms with van der Waals surface area (Å²) in [6.07, 6.45) is 3.27. The van der Waals surface area contributed by atoms with Crippen LogP contribution >= 0.6 is 0 Å². The number of amides is 1. The van der Waals surface area contributed by atoms with E-state index in [1.165, 1.54) is 0 Å². The molecule has 3 heterocycles. The van der Waals surface area contributed by atoms with Crippen molar-refractivity contribution in [2.75, 3.05) is 13.1 Å². The van der Waals surface area contributed by atoms with Gasteiger partial charge in [-0.25, -0.2) is 4.98 Å². The molecule has 1 amide bonds. The number of hydrogen-bond acceptors (Lipinski definition) is 6. The maximum absolute atomic E-state index is 13.0. The largest absolute Gasteiger partial charge is 0.390 e. The Balaban J connectivity index is 1.50. The van der Waals surface area contributed by atoms with Crippen molar-refractivity contribution in [2.45, 2.75) is 18.6 Å². The molecule has 0 saturated carbocycles. The molecule has 0 spiro atoms. The molecule has 5 rings (SSSR count). The molecule has 2 aromatic heterocycles. The molecule has 0 bridgehead atoms. The second kappa shape index (κ2) is 7.81. The number of nitrogens with two attached hydrogens (primary N) is 1. The molecule has 32 heavy (non-hydrogen) atoms. The molecule has 2 atom stereocenters. The van der Waals surface area contributed by atoms with Crippen LogP contribution in [0.5, 0.6) is 0 Å². The fourth-order valence-electron chi connectivity index (χ4n) is 4.10. The van der Waals surface area contributed by atoms with E-state index in [2.05, 4.69) is 4.98 Å². The van der Waals surface area contributed by atoms with Crippen molar-refractivity contribution < 1.29 is 9.90 Å². The Labute approximate surface area is 183 Å². The average Bonchev–Trinajstić information content (AvgIpc) is 2.82. The normalized spacial score (nSPS) is 18.9. The number of pyridine rings is 1. The zero-order chi connectivity index (χ0) is 22.4. The van der Waals surface area contributed by atoms with Crippen LogP contribution < -0.4 is 11.3 Å². The highest BCUT2D eigenvalue weighted by Gasteiger charge is 2.28. The lowest BCUT2D eigenvalue weighted by Crippen LogP contribution is -2.52. The molecule has 0 unspecified atom stereocenters. The Morgan fingerprint density at radius 1 is 1.16 bits per heavy atom. The fraction of sp³-hybridized carbons (Fsp3) is 0.250. The second-order valence-corrected chi connectivity index (χ2v) is 8.26. The summed E-state index contributed by atoms with van der Waals surface area (Å²) in [6, 6.07) is 12.4. The first-order chi connectivity index (χ1) is 15.4. The van der Waals surface area contributed by atoms with E-state index in [1.807, 2.05) is 18.2 Å². The number of carbonyl (C=O) groups is 1. The lowest BCUT2D eigenvalue weighted by molar-refractivity contribution is 0.0395. The van der Waals surface area contributed by atoms with Crippen LogP contribution in [0.25, 0.3) is 33.1 Å². The van der Waals surface area contributed by atoms with Crippen LogP contribution in [0.2, 0.25) is 0 Å². The highest BCUT2D eigenvalue weighted by Crippen LogP contribution is 2.24. The summed E-state index contributed by atoms with van der Waals surface area (Å²) in [5.41, 5.74) is 9.07. The number of benzene rings is 2. The first-order valence-electron chi connectivity index (χ1n) is 10.5. The Morgan fingerprint density at radius 3 is 2.81 bits per heavy atom. The van der Waals surface area contributed by atoms with Gasteiger partial charge in [-0.1, -0.05) is 6.07 Å². The quantitative estimate of drug-likeness (QED) is 0.501. The zero-order valence-corrected chi connectivity index (χ0v) is 17.6. The molecule has 162 valence electrons. The summed E-state index contributed by atoms with van der Waals surface area (Å²) < 4.78 is 1.55. The van der Waals surface area contributed by atoms with Crippen LogP contribution in [-0.4, -0.2) is 55.7 Å². The van der Waals surface area contributed by atoms with Gasteiger partial charge in [0.05, 0.1) is 29.0 Å². The summed E-state index contributed by atoms with van der Waals surface area (Å²) in [5.74, 6) is -0.161. The van der Waals surface area contributed by atoms with Crippen molar-refractivity contribution in [3.05, 3.63) is 70.8 Å². The first-order valence-corrected chi connectivity index (χ1v) is 10.5. The van der Waals surface area contributed by atoms with Crippen LogP contribution in [-0.2, 0) is 7.05 Å². The molecule has 0 radical (unpaired) electrons. The summed E-state index contributed by atoms with van der Waals surface area (Å²) in [6.45, 7) is 0.734. The van der Waals surface area contributed by atoms with Gasteiger partial charge in [-0.2, -0.15) is 0 Å². The summed E-state index contributed by atoms with van der Waals surface area (Å²) in [7, 11) is 1.72. The van der Waals surface area contributed by atoms with Crippen molar-refractivity contribution in [1.29, 1.82) is 0 Å². The molecule has 4 aromatic rings. The lowest BCUT2D eigenvalue weighted by Gasteiger charge is -2.34.